The molecule has 8 rings (SSSR count). The van der Waals surface area contributed by atoms with Gasteiger partial charge in [-0.05, 0) is 120 Å². The minimum atomic E-state index is -0.887. The van der Waals surface area contributed by atoms with Crippen molar-refractivity contribution in [2.45, 2.75) is 94.4 Å². The third-order valence-electron chi connectivity index (χ3n) is 12.2. The number of aromatic amines is 1. The molecule has 0 saturated carbocycles. The molecule has 43 heavy (non-hydrogen) atoms. The number of phenolic OH excluding ortho intramolecular Hbond substituents is 1. The molecule has 6 heteroatoms. The topological polar surface area (TPSA) is 66.0 Å². The van der Waals surface area contributed by atoms with Crippen molar-refractivity contribution in [2.24, 2.45) is 11.3 Å². The van der Waals surface area contributed by atoms with E-state index >= 15 is 0 Å². The van der Waals surface area contributed by atoms with Gasteiger partial charge >= 0.3 is 0 Å². The normalized spacial score (nSPS) is 40.1. The highest BCUT2D eigenvalue weighted by atomic mass is 16.3. The van der Waals surface area contributed by atoms with E-state index in [1.165, 1.54) is 55.5 Å². The van der Waals surface area contributed by atoms with E-state index < -0.39 is 5.60 Å². The van der Waals surface area contributed by atoms with E-state index in [9.17, 15) is 10.2 Å². The number of aromatic nitrogens is 1. The van der Waals surface area contributed by atoms with Gasteiger partial charge in [-0.1, -0.05) is 42.5 Å². The predicted octanol–water partition coefficient (Wildman–Crippen LogP) is 6.09. The molecule has 3 bridgehead atoms. The van der Waals surface area contributed by atoms with E-state index in [1.54, 1.807) is 6.07 Å². The first-order valence-electron chi connectivity index (χ1n) is 17.3. The van der Waals surface area contributed by atoms with E-state index in [0.717, 1.165) is 75.6 Å². The van der Waals surface area contributed by atoms with Crippen LogP contribution < -0.4 is 0 Å². The zero-order chi connectivity index (χ0) is 29.2. The Morgan fingerprint density at radius 3 is 2.70 bits per heavy atom. The van der Waals surface area contributed by atoms with Crippen molar-refractivity contribution in [3.05, 3.63) is 65.4 Å². The van der Waals surface area contributed by atoms with Crippen LogP contribution in [0.15, 0.2) is 54.2 Å². The second-order valence-electron chi connectivity index (χ2n) is 14.7. The molecular weight excluding hydrogens is 532 g/mol. The Hall–Kier alpha value is -2.38. The van der Waals surface area contributed by atoms with Crippen molar-refractivity contribution >= 4 is 10.9 Å². The third-order valence-corrected chi connectivity index (χ3v) is 12.2. The molecule has 1 aromatic carbocycles. The molecule has 6 aliphatic rings. The predicted molar refractivity (Wildman–Crippen MR) is 173 cm³/mol. The van der Waals surface area contributed by atoms with Gasteiger partial charge in [0.1, 0.15) is 5.75 Å². The van der Waals surface area contributed by atoms with Crippen molar-refractivity contribution in [3.63, 3.8) is 0 Å². The molecule has 2 saturated heterocycles. The number of benzene rings is 1. The Labute approximate surface area is 257 Å². The first-order chi connectivity index (χ1) is 21.0. The van der Waals surface area contributed by atoms with Crippen LogP contribution in [0.4, 0.5) is 0 Å². The number of hydrogen-bond donors (Lipinski definition) is 3. The molecule has 3 N–H and O–H groups in total. The lowest BCUT2D eigenvalue weighted by Gasteiger charge is -2.59. The average Bonchev–Trinajstić information content (AvgIpc) is 3.50. The van der Waals surface area contributed by atoms with Crippen LogP contribution in [0.5, 0.6) is 5.75 Å². The lowest BCUT2D eigenvalue weighted by Crippen LogP contribution is -2.66. The van der Waals surface area contributed by atoms with Crippen LogP contribution in [-0.2, 0) is 6.42 Å². The number of allylic oxidation sites excluding steroid dienone is 3. The average molecular weight is 583 g/mol. The second kappa shape index (κ2) is 10.9. The zero-order valence-corrected chi connectivity index (χ0v) is 26.0. The highest BCUT2D eigenvalue weighted by molar-refractivity contribution is 5.90. The Bertz CT molecular complexity index is 1460. The van der Waals surface area contributed by atoms with Gasteiger partial charge in [0, 0.05) is 35.6 Å². The monoisotopic (exact) mass is 582 g/mol. The van der Waals surface area contributed by atoms with Gasteiger partial charge in [-0.2, -0.15) is 0 Å². The van der Waals surface area contributed by atoms with Crippen LogP contribution in [0.3, 0.4) is 0 Å². The van der Waals surface area contributed by atoms with Gasteiger partial charge in [0.15, 0.2) is 0 Å². The maximum atomic E-state index is 13.2. The molecule has 0 amide bonds. The fraction of sp³-hybridized carbons (Fsp3) is 0.622. The van der Waals surface area contributed by atoms with Crippen LogP contribution in [0.2, 0.25) is 0 Å². The van der Waals surface area contributed by atoms with Crippen LogP contribution >= 0.6 is 0 Å². The summed E-state index contributed by atoms with van der Waals surface area (Å²) in [5.41, 5.74) is 4.01. The molecule has 1 aromatic heterocycles. The van der Waals surface area contributed by atoms with Crippen LogP contribution in [0.25, 0.3) is 10.9 Å². The Morgan fingerprint density at radius 2 is 1.79 bits per heavy atom. The highest BCUT2D eigenvalue weighted by Crippen LogP contribution is 2.62. The summed E-state index contributed by atoms with van der Waals surface area (Å²) in [6.07, 6.45) is 24.3. The summed E-state index contributed by atoms with van der Waals surface area (Å²) in [5.74, 6) is 0.755. The number of hydrogen-bond acceptors (Lipinski definition) is 5. The van der Waals surface area contributed by atoms with Gasteiger partial charge in [0.25, 0.3) is 0 Å². The summed E-state index contributed by atoms with van der Waals surface area (Å²) in [4.78, 5) is 11.8. The summed E-state index contributed by atoms with van der Waals surface area (Å²) in [5, 5.41) is 25.2. The Kier molecular flexibility index (Phi) is 7.13. The third kappa shape index (κ3) is 4.50. The van der Waals surface area contributed by atoms with Crippen molar-refractivity contribution in [3.8, 4) is 5.75 Å². The highest BCUT2D eigenvalue weighted by Gasteiger charge is 2.66. The molecule has 1 spiro atoms. The van der Waals surface area contributed by atoms with E-state index in [-0.39, 0.29) is 17.5 Å². The van der Waals surface area contributed by atoms with Gasteiger partial charge in [0.05, 0.1) is 23.2 Å². The largest absolute Gasteiger partial charge is 0.506 e. The maximum Gasteiger partial charge on any atom is 0.139 e. The number of nitrogens with one attached hydrogen (secondary N) is 1. The van der Waals surface area contributed by atoms with E-state index in [1.807, 2.05) is 6.07 Å². The Balaban J connectivity index is 1.32. The van der Waals surface area contributed by atoms with Gasteiger partial charge < -0.3 is 20.1 Å². The summed E-state index contributed by atoms with van der Waals surface area (Å²) >= 11 is 0. The first kappa shape index (κ1) is 28.1. The van der Waals surface area contributed by atoms with Crippen molar-refractivity contribution in [1.82, 2.24) is 19.7 Å². The van der Waals surface area contributed by atoms with Crippen molar-refractivity contribution in [2.75, 3.05) is 39.8 Å². The van der Waals surface area contributed by atoms with Crippen molar-refractivity contribution < 1.29 is 10.2 Å². The molecule has 6 heterocycles. The van der Waals surface area contributed by atoms with E-state index in [2.05, 4.69) is 63.2 Å². The van der Waals surface area contributed by atoms with Crippen LogP contribution in [0.1, 0.15) is 81.5 Å². The van der Waals surface area contributed by atoms with Crippen LogP contribution in [-0.4, -0.2) is 87.4 Å². The molecule has 2 fully saturated rings. The fourth-order valence-corrected chi connectivity index (χ4v) is 10.5. The number of rotatable bonds is 1. The molecule has 7 atom stereocenters. The number of likely N-dealkylation sites (N-methyl/N-ethyl adjacent to an activating group) is 1. The number of phenols is 1. The standard InChI is InChI=1S/C37H50N4O2/c1-39-21-16-28-27-14-12-15-31(42)32(27)38-33(28)34(39)29-24-37(43)18-9-5-2-3-6-10-19-40-22-17-30(29)36(25-40)23-26-13-8-4-7-11-20-41(26)35(36)37/h2,5,8,12-15,24,26,30,34-35,38,42-43H,3-4,6-7,9-11,16-23,25H2,1H3/b5-2-,13-8-/t26-,30-,34?,35?,36-,37-/m0/s1. The maximum absolute atomic E-state index is 13.2. The molecule has 5 aliphatic heterocycles. The van der Waals surface area contributed by atoms with Crippen LogP contribution in [0, 0.1) is 11.3 Å². The van der Waals surface area contributed by atoms with Gasteiger partial charge in [-0.3, -0.25) is 9.80 Å². The molecule has 3 unspecified atom stereocenters. The molecular formula is C37H50N4O2. The zero-order valence-electron chi connectivity index (χ0n) is 26.0. The Morgan fingerprint density at radius 1 is 0.953 bits per heavy atom. The fourth-order valence-electron chi connectivity index (χ4n) is 10.5. The summed E-state index contributed by atoms with van der Waals surface area (Å²) in [6.45, 7) is 5.46. The minimum Gasteiger partial charge on any atom is -0.506 e. The SMILES string of the molecule is CN1CCc2c([nH]c3c(O)cccc23)C1C1=C[C@@]2(O)CC/C=C\CCCCN3CC[C@@H]1[C@]1(C[C@@H]4/C=C\CCCCN4C12)C3. The number of nitrogens with zero attached hydrogens (tertiary/aromatic N) is 3. The summed E-state index contributed by atoms with van der Waals surface area (Å²) in [7, 11) is 2.27. The first-order valence-corrected chi connectivity index (χ1v) is 17.3. The molecule has 6 nitrogen and oxygen atoms in total. The van der Waals surface area contributed by atoms with Gasteiger partial charge in [-0.15, -0.1) is 0 Å². The lowest BCUT2D eigenvalue weighted by atomic mass is 9.54. The number of para-hydroxylation sites is 1. The van der Waals surface area contributed by atoms with Gasteiger partial charge in [-0.25, -0.2) is 0 Å². The number of piperidine rings is 1. The molecule has 1 aliphatic carbocycles. The van der Waals surface area contributed by atoms with Crippen molar-refractivity contribution in [1.29, 1.82) is 0 Å². The molecule has 2 aromatic rings. The van der Waals surface area contributed by atoms with E-state index in [0.29, 0.717) is 17.7 Å². The number of aliphatic hydroxyl groups is 1. The summed E-state index contributed by atoms with van der Waals surface area (Å²) < 4.78 is 0. The minimum absolute atomic E-state index is 0.0147. The number of fused-ring (bicyclic) bond motifs is 5. The smallest absolute Gasteiger partial charge is 0.139 e. The number of H-pyrrole nitrogens is 1. The number of aromatic hydroxyl groups is 1. The summed E-state index contributed by atoms with van der Waals surface area (Å²) in [6, 6.07) is 6.56. The second-order valence-corrected chi connectivity index (χ2v) is 14.7. The quantitative estimate of drug-likeness (QED) is 0.356. The molecule has 0 radical (unpaired) electrons. The molecule has 230 valence electrons. The van der Waals surface area contributed by atoms with Gasteiger partial charge in [0.2, 0.25) is 0 Å². The van der Waals surface area contributed by atoms with E-state index in [4.69, 9.17) is 0 Å². The lowest BCUT2D eigenvalue weighted by molar-refractivity contribution is -0.0999.